The molecule has 0 unspecified atom stereocenters. The second-order valence-corrected chi connectivity index (χ2v) is 5.87. The molecule has 126 valence electrons. The Morgan fingerprint density at radius 1 is 0.731 bits per heavy atom. The lowest BCUT2D eigenvalue weighted by Crippen LogP contribution is -2.24. The fourth-order valence-electron chi connectivity index (χ4n) is 3.08. The van der Waals surface area contributed by atoms with Crippen molar-refractivity contribution >= 4 is 23.2 Å². The van der Waals surface area contributed by atoms with Crippen molar-refractivity contribution in [2.45, 2.75) is 0 Å². The molecule has 0 spiro atoms. The number of hydrogen-bond acceptors (Lipinski definition) is 3. The van der Waals surface area contributed by atoms with Gasteiger partial charge in [0.15, 0.2) is 11.6 Å². The predicted octanol–water partition coefficient (Wildman–Crippen LogP) is 3.85. The van der Waals surface area contributed by atoms with Crippen LogP contribution in [0.1, 0.15) is 42.2 Å². The first-order chi connectivity index (χ1) is 12.6. The molecule has 0 radical (unpaired) electrons. The number of carbonyl (C=O) groups is 3. The first-order valence-corrected chi connectivity index (χ1v) is 7.95. The summed E-state index contributed by atoms with van der Waals surface area (Å²) in [5, 5.41) is 2.56. The van der Waals surface area contributed by atoms with E-state index in [4.69, 9.17) is 0 Å². The Hall–Kier alpha value is -3.60. The molecule has 3 aromatic rings. The first-order valence-electron chi connectivity index (χ1n) is 7.95. The summed E-state index contributed by atoms with van der Waals surface area (Å²) in [6.45, 7) is 0. The van der Waals surface area contributed by atoms with E-state index >= 15 is 0 Å². The van der Waals surface area contributed by atoms with Crippen LogP contribution in [-0.2, 0) is 0 Å². The van der Waals surface area contributed by atoms with Crippen LogP contribution >= 0.6 is 0 Å². The summed E-state index contributed by atoms with van der Waals surface area (Å²) in [5.74, 6) is -1.98. The number of nitrogens with one attached hydrogen (secondary N) is 1. The Labute approximate surface area is 148 Å². The van der Waals surface area contributed by atoms with E-state index in [1.165, 1.54) is 24.3 Å². The number of rotatable bonds is 2. The number of hydrogen-bond donors (Lipinski definition) is 1. The topological polar surface area (TPSA) is 63.2 Å². The third kappa shape index (κ3) is 2.41. The van der Waals surface area contributed by atoms with Crippen LogP contribution < -0.4 is 5.32 Å². The van der Waals surface area contributed by atoms with Crippen LogP contribution in [0, 0.1) is 5.82 Å². The maximum absolute atomic E-state index is 13.8. The van der Waals surface area contributed by atoms with Gasteiger partial charge in [0, 0.05) is 16.7 Å². The highest BCUT2D eigenvalue weighted by atomic mass is 19.1. The molecule has 1 N–H and O–H groups in total. The number of carbonyl (C=O) groups excluding carboxylic acids is 3. The Bertz CT molecular complexity index is 1090. The van der Waals surface area contributed by atoms with E-state index in [9.17, 15) is 18.8 Å². The van der Waals surface area contributed by atoms with E-state index in [1.54, 1.807) is 42.5 Å². The Kier molecular flexibility index (Phi) is 3.69. The van der Waals surface area contributed by atoms with Crippen molar-refractivity contribution in [1.82, 2.24) is 0 Å². The lowest BCUT2D eigenvalue weighted by Gasteiger charge is -2.20. The predicted molar refractivity (Wildman–Crippen MR) is 94.1 cm³/mol. The van der Waals surface area contributed by atoms with Gasteiger partial charge in [0.25, 0.3) is 5.91 Å². The molecule has 5 heteroatoms. The van der Waals surface area contributed by atoms with Gasteiger partial charge in [-0.3, -0.25) is 14.4 Å². The summed E-state index contributed by atoms with van der Waals surface area (Å²) in [6.07, 6.45) is 0. The van der Waals surface area contributed by atoms with E-state index in [1.807, 2.05) is 0 Å². The summed E-state index contributed by atoms with van der Waals surface area (Å²) >= 11 is 0. The Balaban J connectivity index is 1.79. The van der Waals surface area contributed by atoms with Gasteiger partial charge in [-0.2, -0.15) is 0 Å². The summed E-state index contributed by atoms with van der Waals surface area (Å²) in [5.41, 5.74) is 1.02. The van der Waals surface area contributed by atoms with Crippen molar-refractivity contribution in [1.29, 1.82) is 0 Å². The highest BCUT2D eigenvalue weighted by Gasteiger charge is 2.31. The summed E-state index contributed by atoms with van der Waals surface area (Å²) in [6, 6.07) is 16.8. The van der Waals surface area contributed by atoms with Crippen molar-refractivity contribution in [3.05, 3.63) is 100 Å². The molecule has 3 aromatic carbocycles. The summed E-state index contributed by atoms with van der Waals surface area (Å²) in [4.78, 5) is 38.0. The molecule has 0 aromatic heterocycles. The molecule has 0 bridgehead atoms. The smallest absolute Gasteiger partial charge is 0.258 e. The average molecular weight is 345 g/mol. The molecule has 0 saturated heterocycles. The maximum Gasteiger partial charge on any atom is 0.258 e. The van der Waals surface area contributed by atoms with Gasteiger partial charge in [-0.15, -0.1) is 0 Å². The number of benzene rings is 3. The molecule has 0 aliphatic heterocycles. The zero-order chi connectivity index (χ0) is 18.3. The average Bonchev–Trinajstić information content (AvgIpc) is 2.66. The molecular formula is C21H12FNO3. The standard InChI is InChI=1S/C21H12FNO3/c22-16-10-4-3-8-14(16)21(26)23-17-11-5-9-15-18(17)20(25)13-7-2-1-6-12(13)19(15)24/h1-11H,(H,23,26). The summed E-state index contributed by atoms with van der Waals surface area (Å²) in [7, 11) is 0. The molecule has 4 nitrogen and oxygen atoms in total. The number of ketones is 2. The SMILES string of the molecule is O=C(Nc1cccc2c1C(=O)c1ccccc1C2=O)c1ccccc1F. The number of anilines is 1. The highest BCUT2D eigenvalue weighted by molar-refractivity contribution is 6.30. The van der Waals surface area contributed by atoms with Gasteiger partial charge in [0.05, 0.1) is 16.8 Å². The molecule has 4 rings (SSSR count). The van der Waals surface area contributed by atoms with E-state index in [2.05, 4.69) is 5.32 Å². The van der Waals surface area contributed by atoms with Crippen LogP contribution in [-0.4, -0.2) is 17.5 Å². The van der Waals surface area contributed by atoms with Crippen molar-refractivity contribution in [2.24, 2.45) is 0 Å². The van der Waals surface area contributed by atoms with Crippen LogP contribution in [0.5, 0.6) is 0 Å². The molecule has 0 fully saturated rings. The lowest BCUT2D eigenvalue weighted by molar-refractivity contribution is 0.0978. The Morgan fingerprint density at radius 3 is 2.08 bits per heavy atom. The molecule has 0 atom stereocenters. The van der Waals surface area contributed by atoms with Crippen molar-refractivity contribution in [3.63, 3.8) is 0 Å². The zero-order valence-electron chi connectivity index (χ0n) is 13.5. The molecule has 26 heavy (non-hydrogen) atoms. The van der Waals surface area contributed by atoms with Crippen LogP contribution in [0.15, 0.2) is 66.7 Å². The van der Waals surface area contributed by atoms with E-state index < -0.39 is 11.7 Å². The van der Waals surface area contributed by atoms with Crippen molar-refractivity contribution in [2.75, 3.05) is 5.32 Å². The van der Waals surface area contributed by atoms with Crippen molar-refractivity contribution < 1.29 is 18.8 Å². The minimum Gasteiger partial charge on any atom is -0.321 e. The van der Waals surface area contributed by atoms with Crippen LogP contribution in [0.4, 0.5) is 10.1 Å². The number of halogens is 1. The van der Waals surface area contributed by atoms with Gasteiger partial charge < -0.3 is 5.32 Å². The molecule has 0 heterocycles. The number of fused-ring (bicyclic) bond motifs is 2. The monoisotopic (exact) mass is 345 g/mol. The second-order valence-electron chi connectivity index (χ2n) is 5.87. The minimum absolute atomic E-state index is 0.126. The van der Waals surface area contributed by atoms with Gasteiger partial charge in [-0.25, -0.2) is 4.39 Å². The van der Waals surface area contributed by atoms with Gasteiger partial charge >= 0.3 is 0 Å². The van der Waals surface area contributed by atoms with Crippen LogP contribution in [0.2, 0.25) is 0 Å². The van der Waals surface area contributed by atoms with Gasteiger partial charge in [0.2, 0.25) is 0 Å². The molecular weight excluding hydrogens is 333 g/mol. The van der Waals surface area contributed by atoms with Crippen molar-refractivity contribution in [3.8, 4) is 0 Å². The van der Waals surface area contributed by atoms with E-state index in [0.717, 1.165) is 0 Å². The summed E-state index contributed by atoms with van der Waals surface area (Å²) < 4.78 is 13.8. The molecule has 1 aliphatic rings. The normalized spacial score (nSPS) is 12.3. The first kappa shape index (κ1) is 15.9. The third-order valence-electron chi connectivity index (χ3n) is 4.32. The molecule has 0 saturated carbocycles. The highest BCUT2D eigenvalue weighted by Crippen LogP contribution is 2.32. The van der Waals surface area contributed by atoms with Crippen LogP contribution in [0.3, 0.4) is 0 Å². The van der Waals surface area contributed by atoms with Gasteiger partial charge in [-0.05, 0) is 18.2 Å². The molecule has 1 aliphatic carbocycles. The van der Waals surface area contributed by atoms with E-state index in [0.29, 0.717) is 5.56 Å². The fourth-order valence-corrected chi connectivity index (χ4v) is 3.08. The quantitative estimate of drug-likeness (QED) is 0.600. The largest absolute Gasteiger partial charge is 0.321 e. The Morgan fingerprint density at radius 2 is 1.35 bits per heavy atom. The second kappa shape index (κ2) is 6.04. The third-order valence-corrected chi connectivity index (χ3v) is 4.32. The van der Waals surface area contributed by atoms with Gasteiger partial charge in [0.1, 0.15) is 5.82 Å². The lowest BCUT2D eigenvalue weighted by atomic mass is 9.83. The van der Waals surface area contributed by atoms with Crippen LogP contribution in [0.25, 0.3) is 0 Å². The molecule has 1 amide bonds. The maximum atomic E-state index is 13.8. The zero-order valence-corrected chi connectivity index (χ0v) is 13.5. The number of amides is 1. The fraction of sp³-hybridized carbons (Fsp3) is 0. The van der Waals surface area contributed by atoms with Gasteiger partial charge in [-0.1, -0.05) is 48.5 Å². The minimum atomic E-state index is -0.685. The van der Waals surface area contributed by atoms with E-state index in [-0.39, 0.29) is 39.5 Å².